The fraction of sp³-hybridized carbons (Fsp3) is 1.00. The summed E-state index contributed by atoms with van der Waals surface area (Å²) in [4.78, 5) is 0. The average molecular weight is 145 g/mol. The first-order chi connectivity index (χ1) is 3.50. The summed E-state index contributed by atoms with van der Waals surface area (Å²) in [6.07, 6.45) is 0. The third-order valence-corrected chi connectivity index (χ3v) is 1.73. The average Bonchev–Trinajstić information content (AvgIpc) is 1.67. The molecule has 0 bridgehead atoms. The lowest BCUT2D eigenvalue weighted by Crippen LogP contribution is -2.15. The molecule has 0 fully saturated rings. The minimum Gasteiger partial charge on any atom is -0.207 e. The smallest absolute Gasteiger partial charge is 0.207 e. The number of nitrogens with zero attached hydrogens (tertiary/aromatic N) is 1. The predicted octanol–water partition coefficient (Wildman–Crippen LogP) is 0.407. The van der Waals surface area contributed by atoms with Gasteiger partial charge in [-0.1, -0.05) is 8.96 Å². The largest absolute Gasteiger partial charge is 0.268 e. The molecule has 0 radical (unpaired) electrons. The molecule has 0 aromatic rings. The fourth-order valence-electron chi connectivity index (χ4n) is 0.0976. The molecule has 6 heteroatoms. The summed E-state index contributed by atoms with van der Waals surface area (Å²) in [6, 6.07) is 0. The zero-order valence-corrected chi connectivity index (χ0v) is 4.95. The Morgan fingerprint density at radius 2 is 1.88 bits per heavy atom. The summed E-state index contributed by atoms with van der Waals surface area (Å²) in [5.41, 5.74) is 0. The predicted molar refractivity (Wildman–Crippen MR) is 23.5 cm³/mol. The number of sulfonamides is 1. The molecule has 8 heavy (non-hydrogen) atoms. The van der Waals surface area contributed by atoms with Crippen LogP contribution in [-0.4, -0.2) is 18.9 Å². The van der Waals surface area contributed by atoms with Gasteiger partial charge in [0.05, 0.1) is 5.75 Å². The summed E-state index contributed by atoms with van der Waals surface area (Å²) in [6.45, 7) is 1.14. The minimum absolute atomic E-state index is 0.569. The molecule has 0 saturated carbocycles. The minimum atomic E-state index is -4.24. The molecule has 0 spiro atoms. The molecule has 0 amide bonds. The van der Waals surface area contributed by atoms with E-state index in [1.165, 1.54) is 0 Å². The number of halogens is 2. The van der Waals surface area contributed by atoms with E-state index in [2.05, 4.69) is 0 Å². The summed E-state index contributed by atoms with van der Waals surface area (Å²) in [7, 11) is -4.24. The number of rotatable bonds is 2. The summed E-state index contributed by atoms with van der Waals surface area (Å²) in [5.74, 6) is -0.569. The van der Waals surface area contributed by atoms with Crippen molar-refractivity contribution in [1.29, 1.82) is 0 Å². The summed E-state index contributed by atoms with van der Waals surface area (Å²) in [5, 5.41) is 0. The van der Waals surface area contributed by atoms with Crippen LogP contribution < -0.4 is 0 Å². The van der Waals surface area contributed by atoms with Crippen molar-refractivity contribution in [1.82, 2.24) is 4.75 Å². The highest BCUT2D eigenvalue weighted by molar-refractivity contribution is 7.88. The van der Waals surface area contributed by atoms with E-state index in [4.69, 9.17) is 0 Å². The van der Waals surface area contributed by atoms with Crippen LogP contribution in [0.3, 0.4) is 0 Å². The Morgan fingerprint density at radius 3 is 1.88 bits per heavy atom. The Balaban J connectivity index is 4.17. The number of hydrogen-bond acceptors (Lipinski definition) is 2. The molecule has 0 aliphatic rings. The molecule has 0 aromatic heterocycles. The Hall–Kier alpha value is -0.230. The Labute approximate surface area is 45.8 Å². The van der Waals surface area contributed by atoms with Gasteiger partial charge in [-0.2, -0.15) is 0 Å². The van der Waals surface area contributed by atoms with E-state index < -0.39 is 20.5 Å². The van der Waals surface area contributed by atoms with Gasteiger partial charge in [-0.25, -0.2) is 8.42 Å². The highest BCUT2D eigenvalue weighted by Gasteiger charge is 2.17. The standard InChI is InChI=1S/C2H5F2NO2S/c1-2-8(6,7)5(3)4/h2H2,1H3. The second-order valence-corrected chi connectivity index (χ2v) is 3.09. The SMILES string of the molecule is CCS(=O)(=O)N(F)F. The molecule has 50 valence electrons. The lowest BCUT2D eigenvalue weighted by atomic mass is 11.0. The Bertz CT molecular complexity index is 151. The van der Waals surface area contributed by atoms with E-state index >= 15 is 0 Å². The van der Waals surface area contributed by atoms with Crippen LogP contribution in [0, 0.1) is 0 Å². The van der Waals surface area contributed by atoms with Gasteiger partial charge in [-0.3, -0.25) is 0 Å². The third-order valence-electron chi connectivity index (χ3n) is 0.575. The molecule has 3 nitrogen and oxygen atoms in total. The van der Waals surface area contributed by atoms with Crippen LogP contribution in [0.25, 0.3) is 0 Å². The van der Waals surface area contributed by atoms with Crippen LogP contribution in [-0.2, 0) is 10.0 Å². The second kappa shape index (κ2) is 2.36. The maximum Gasteiger partial charge on any atom is 0.268 e. The molecule has 0 N–H and O–H groups in total. The van der Waals surface area contributed by atoms with Crippen molar-refractivity contribution in [2.45, 2.75) is 6.92 Å². The van der Waals surface area contributed by atoms with Gasteiger partial charge < -0.3 is 0 Å². The van der Waals surface area contributed by atoms with Gasteiger partial charge in [0.1, 0.15) is 4.75 Å². The van der Waals surface area contributed by atoms with Crippen molar-refractivity contribution in [3.63, 3.8) is 0 Å². The molecule has 0 saturated heterocycles. The van der Waals surface area contributed by atoms with E-state index in [0.29, 0.717) is 0 Å². The molecule has 0 aliphatic carbocycles. The van der Waals surface area contributed by atoms with Gasteiger partial charge in [-0.15, -0.1) is 0 Å². The lowest BCUT2D eigenvalue weighted by molar-refractivity contribution is -0.0536. The second-order valence-electron chi connectivity index (χ2n) is 1.07. The molecular formula is C2H5F2NO2S. The van der Waals surface area contributed by atoms with Gasteiger partial charge in [0.25, 0.3) is 10.0 Å². The van der Waals surface area contributed by atoms with Gasteiger partial charge in [0.2, 0.25) is 0 Å². The van der Waals surface area contributed by atoms with Gasteiger partial charge in [0.15, 0.2) is 0 Å². The monoisotopic (exact) mass is 145 g/mol. The van der Waals surface area contributed by atoms with E-state index in [-0.39, 0.29) is 0 Å². The molecular weight excluding hydrogens is 140 g/mol. The van der Waals surface area contributed by atoms with Gasteiger partial charge >= 0.3 is 0 Å². The van der Waals surface area contributed by atoms with Crippen LogP contribution in [0.2, 0.25) is 0 Å². The van der Waals surface area contributed by atoms with Gasteiger partial charge in [-0.05, 0) is 6.92 Å². The zero-order valence-electron chi connectivity index (χ0n) is 4.13. The molecule has 0 heterocycles. The molecule has 0 aliphatic heterocycles. The van der Waals surface area contributed by atoms with Crippen molar-refractivity contribution in [2.24, 2.45) is 0 Å². The summed E-state index contributed by atoms with van der Waals surface area (Å²) >= 11 is 0. The third kappa shape index (κ3) is 1.71. The first kappa shape index (κ1) is 7.77. The fourth-order valence-corrected chi connectivity index (χ4v) is 0.293. The highest BCUT2D eigenvalue weighted by Crippen LogP contribution is 2.00. The van der Waals surface area contributed by atoms with Gasteiger partial charge in [0, 0.05) is 0 Å². The van der Waals surface area contributed by atoms with E-state index in [0.717, 1.165) is 6.92 Å². The van der Waals surface area contributed by atoms with Crippen LogP contribution in [0.15, 0.2) is 0 Å². The first-order valence-corrected chi connectivity index (χ1v) is 3.46. The lowest BCUT2D eigenvalue weighted by Gasteiger charge is -1.95. The van der Waals surface area contributed by atoms with Crippen molar-refractivity contribution in [2.75, 3.05) is 5.75 Å². The highest BCUT2D eigenvalue weighted by atomic mass is 32.2. The molecule has 0 unspecified atom stereocenters. The van der Waals surface area contributed by atoms with Crippen LogP contribution in [0.5, 0.6) is 0 Å². The van der Waals surface area contributed by atoms with Crippen LogP contribution in [0.1, 0.15) is 6.92 Å². The number of hydrogen-bond donors (Lipinski definition) is 0. The Morgan fingerprint density at radius 1 is 1.50 bits per heavy atom. The maximum atomic E-state index is 11.1. The molecule has 0 aromatic carbocycles. The Kier molecular flexibility index (Phi) is 2.29. The summed E-state index contributed by atoms with van der Waals surface area (Å²) < 4.78 is 40.1. The topological polar surface area (TPSA) is 37.4 Å². The van der Waals surface area contributed by atoms with Crippen LogP contribution >= 0.6 is 0 Å². The van der Waals surface area contributed by atoms with E-state index in [1.54, 1.807) is 0 Å². The molecule has 0 rings (SSSR count). The van der Waals surface area contributed by atoms with E-state index in [9.17, 15) is 17.4 Å². The quantitative estimate of drug-likeness (QED) is 0.527. The first-order valence-electron chi connectivity index (χ1n) is 1.85. The maximum absolute atomic E-state index is 11.1. The van der Waals surface area contributed by atoms with Crippen molar-refractivity contribution in [3.05, 3.63) is 0 Å². The normalized spacial score (nSPS) is 12.5. The van der Waals surface area contributed by atoms with Crippen molar-refractivity contribution in [3.8, 4) is 0 Å². The zero-order chi connectivity index (χ0) is 6.78. The molecule has 0 atom stereocenters. The van der Waals surface area contributed by atoms with Crippen molar-refractivity contribution < 1.29 is 17.4 Å². The van der Waals surface area contributed by atoms with E-state index in [1.807, 2.05) is 0 Å². The van der Waals surface area contributed by atoms with Crippen molar-refractivity contribution >= 4 is 10.0 Å². The van der Waals surface area contributed by atoms with Crippen LogP contribution in [0.4, 0.5) is 8.96 Å².